The third kappa shape index (κ3) is 9.09. The molecule has 0 aromatic heterocycles. The van der Waals surface area contributed by atoms with Crippen LogP contribution < -0.4 is 0 Å². The quantitative estimate of drug-likeness (QED) is 0.373. The van der Waals surface area contributed by atoms with Gasteiger partial charge in [0.25, 0.3) is 0 Å². The van der Waals surface area contributed by atoms with E-state index < -0.39 is 19.0 Å². The van der Waals surface area contributed by atoms with E-state index in [1.165, 1.54) is 32.1 Å². The molecule has 0 amide bonds. The van der Waals surface area contributed by atoms with Crippen LogP contribution in [0.25, 0.3) is 0 Å². The molecule has 4 nitrogen and oxygen atoms in total. The molecule has 2 unspecified atom stereocenters. The third-order valence-corrected chi connectivity index (χ3v) is 2.55. The maximum Gasteiger partial charge on any atom is 0.183 e. The topological polar surface area (TPSA) is 69.9 Å². The standard InChI is InChI=1S/C12H26O4/c1-2-3-4-5-6-7-8-9-16-12(15)11(14)10-13/h11-15H,2-10H2,1H3. The van der Waals surface area contributed by atoms with E-state index in [1.54, 1.807) is 0 Å². The molecule has 0 aliphatic carbocycles. The minimum atomic E-state index is -1.26. The Bertz CT molecular complexity index is 141. The summed E-state index contributed by atoms with van der Waals surface area (Å²) in [7, 11) is 0. The number of aliphatic hydroxyl groups is 3. The van der Waals surface area contributed by atoms with Crippen LogP contribution in [0.15, 0.2) is 0 Å². The van der Waals surface area contributed by atoms with Crippen LogP contribution in [0.2, 0.25) is 0 Å². The molecule has 98 valence electrons. The zero-order valence-electron chi connectivity index (χ0n) is 10.3. The second-order valence-corrected chi connectivity index (χ2v) is 4.13. The van der Waals surface area contributed by atoms with Gasteiger partial charge in [0, 0.05) is 6.61 Å². The van der Waals surface area contributed by atoms with Crippen molar-refractivity contribution >= 4 is 0 Å². The van der Waals surface area contributed by atoms with E-state index in [9.17, 15) is 0 Å². The fourth-order valence-electron chi connectivity index (χ4n) is 1.46. The van der Waals surface area contributed by atoms with Crippen molar-refractivity contribution in [2.75, 3.05) is 13.2 Å². The van der Waals surface area contributed by atoms with Crippen LogP contribution in [0.5, 0.6) is 0 Å². The molecule has 0 aromatic carbocycles. The summed E-state index contributed by atoms with van der Waals surface area (Å²) in [5, 5.41) is 26.7. The molecule has 0 aliphatic rings. The van der Waals surface area contributed by atoms with Gasteiger partial charge in [0.1, 0.15) is 6.10 Å². The Hall–Kier alpha value is -0.160. The van der Waals surface area contributed by atoms with Crippen LogP contribution in [-0.4, -0.2) is 40.9 Å². The van der Waals surface area contributed by atoms with Crippen LogP contribution in [0.4, 0.5) is 0 Å². The molecule has 0 radical (unpaired) electrons. The molecule has 0 aromatic rings. The number of hydrogen-bond acceptors (Lipinski definition) is 4. The number of rotatable bonds is 11. The van der Waals surface area contributed by atoms with Crippen molar-refractivity contribution in [1.29, 1.82) is 0 Å². The van der Waals surface area contributed by atoms with Gasteiger partial charge in [-0.3, -0.25) is 0 Å². The minimum Gasteiger partial charge on any atom is -0.393 e. The highest BCUT2D eigenvalue weighted by Gasteiger charge is 2.14. The second-order valence-electron chi connectivity index (χ2n) is 4.13. The monoisotopic (exact) mass is 234 g/mol. The molecule has 0 saturated heterocycles. The largest absolute Gasteiger partial charge is 0.393 e. The van der Waals surface area contributed by atoms with E-state index >= 15 is 0 Å². The molecule has 16 heavy (non-hydrogen) atoms. The van der Waals surface area contributed by atoms with Crippen molar-refractivity contribution in [2.45, 2.75) is 64.3 Å². The molecule has 0 rings (SSSR count). The van der Waals surface area contributed by atoms with Gasteiger partial charge >= 0.3 is 0 Å². The Labute approximate surface area is 98.2 Å². The molecule has 0 bridgehead atoms. The highest BCUT2D eigenvalue weighted by molar-refractivity contribution is 4.55. The normalized spacial score (nSPS) is 15.0. The van der Waals surface area contributed by atoms with Gasteiger partial charge in [-0.15, -0.1) is 0 Å². The molecule has 3 N–H and O–H groups in total. The summed E-state index contributed by atoms with van der Waals surface area (Å²) in [4.78, 5) is 0. The van der Waals surface area contributed by atoms with Gasteiger partial charge in [-0.1, -0.05) is 45.4 Å². The van der Waals surface area contributed by atoms with E-state index in [0.29, 0.717) is 6.61 Å². The molecule has 0 saturated carbocycles. The first-order chi connectivity index (χ1) is 7.72. The van der Waals surface area contributed by atoms with Crippen molar-refractivity contribution in [3.8, 4) is 0 Å². The van der Waals surface area contributed by atoms with Crippen LogP contribution in [-0.2, 0) is 4.74 Å². The minimum absolute atomic E-state index is 0.437. The highest BCUT2D eigenvalue weighted by Crippen LogP contribution is 2.07. The first-order valence-electron chi connectivity index (χ1n) is 6.31. The summed E-state index contributed by atoms with van der Waals surface area (Å²) < 4.78 is 4.97. The summed E-state index contributed by atoms with van der Waals surface area (Å²) in [6.07, 6.45) is 5.84. The van der Waals surface area contributed by atoms with Crippen LogP contribution >= 0.6 is 0 Å². The average Bonchev–Trinajstić information content (AvgIpc) is 2.31. The maximum absolute atomic E-state index is 9.16. The number of hydrogen-bond donors (Lipinski definition) is 3. The predicted octanol–water partition coefficient (Wildman–Crippen LogP) is 1.43. The van der Waals surface area contributed by atoms with Gasteiger partial charge in [-0.25, -0.2) is 0 Å². The lowest BCUT2D eigenvalue weighted by Gasteiger charge is -2.15. The SMILES string of the molecule is CCCCCCCCCOC(O)C(O)CO. The van der Waals surface area contributed by atoms with Gasteiger partial charge < -0.3 is 20.1 Å². The summed E-state index contributed by atoms with van der Waals surface area (Å²) >= 11 is 0. The van der Waals surface area contributed by atoms with E-state index in [1.807, 2.05) is 0 Å². The van der Waals surface area contributed by atoms with Crippen molar-refractivity contribution in [3.63, 3.8) is 0 Å². The lowest BCUT2D eigenvalue weighted by Crippen LogP contribution is -2.31. The summed E-state index contributed by atoms with van der Waals surface area (Å²) in [5.74, 6) is 0. The Morgan fingerprint density at radius 1 is 0.938 bits per heavy atom. The van der Waals surface area contributed by atoms with Gasteiger partial charge in [0.15, 0.2) is 6.29 Å². The second kappa shape index (κ2) is 11.3. The molecule has 4 heteroatoms. The fraction of sp³-hybridized carbons (Fsp3) is 1.00. The summed E-state index contributed by atoms with van der Waals surface area (Å²) in [6.45, 7) is 2.16. The molecular formula is C12H26O4. The van der Waals surface area contributed by atoms with Gasteiger partial charge in [-0.05, 0) is 6.42 Å². The molecule has 2 atom stereocenters. The lowest BCUT2D eigenvalue weighted by molar-refractivity contribution is -0.171. The van der Waals surface area contributed by atoms with Crippen molar-refractivity contribution < 1.29 is 20.1 Å². The van der Waals surface area contributed by atoms with Gasteiger partial charge in [-0.2, -0.15) is 0 Å². The number of ether oxygens (including phenoxy) is 1. The Balaban J connectivity index is 3.14. The molecule has 0 heterocycles. The molecule has 0 fully saturated rings. The summed E-state index contributed by atoms with van der Waals surface area (Å²) in [5.41, 5.74) is 0. The molecule has 0 spiro atoms. The van der Waals surface area contributed by atoms with E-state index in [4.69, 9.17) is 20.1 Å². The first-order valence-corrected chi connectivity index (χ1v) is 6.31. The zero-order valence-corrected chi connectivity index (χ0v) is 10.3. The number of unbranched alkanes of at least 4 members (excludes halogenated alkanes) is 6. The maximum atomic E-state index is 9.16. The van der Waals surface area contributed by atoms with Crippen LogP contribution in [0.3, 0.4) is 0 Å². The molecular weight excluding hydrogens is 208 g/mol. The van der Waals surface area contributed by atoms with Crippen molar-refractivity contribution in [3.05, 3.63) is 0 Å². The highest BCUT2D eigenvalue weighted by atomic mass is 16.6. The first kappa shape index (κ1) is 15.8. The average molecular weight is 234 g/mol. The Morgan fingerprint density at radius 3 is 2.06 bits per heavy atom. The third-order valence-electron chi connectivity index (χ3n) is 2.55. The van der Waals surface area contributed by atoms with E-state index in [2.05, 4.69) is 6.92 Å². The van der Waals surface area contributed by atoms with E-state index in [0.717, 1.165) is 12.8 Å². The van der Waals surface area contributed by atoms with E-state index in [-0.39, 0.29) is 0 Å². The van der Waals surface area contributed by atoms with Crippen molar-refractivity contribution in [1.82, 2.24) is 0 Å². The smallest absolute Gasteiger partial charge is 0.183 e. The number of aliphatic hydroxyl groups excluding tert-OH is 3. The van der Waals surface area contributed by atoms with Crippen molar-refractivity contribution in [2.24, 2.45) is 0 Å². The Kier molecular flexibility index (Phi) is 11.2. The summed E-state index contributed by atoms with van der Waals surface area (Å²) in [6, 6.07) is 0. The predicted molar refractivity (Wildman–Crippen MR) is 63.0 cm³/mol. The van der Waals surface area contributed by atoms with Crippen LogP contribution in [0.1, 0.15) is 51.9 Å². The van der Waals surface area contributed by atoms with Crippen LogP contribution in [0, 0.1) is 0 Å². The fourth-order valence-corrected chi connectivity index (χ4v) is 1.46. The lowest BCUT2D eigenvalue weighted by atomic mass is 10.1. The van der Waals surface area contributed by atoms with Gasteiger partial charge in [0.2, 0.25) is 0 Å². The Morgan fingerprint density at radius 2 is 1.50 bits per heavy atom. The molecule has 0 aliphatic heterocycles. The zero-order chi connectivity index (χ0) is 12.2. The van der Waals surface area contributed by atoms with Gasteiger partial charge in [0.05, 0.1) is 6.61 Å².